The summed E-state index contributed by atoms with van der Waals surface area (Å²) < 4.78 is 4.78. The van der Waals surface area contributed by atoms with Crippen molar-refractivity contribution in [3.05, 3.63) is 29.3 Å². The SMILES string of the molecule is C[C@@H](NC(=O)[C@H]1O[C@@H]1C(=O)O)SCNC(=O)CC(=O)N1CCN(c2ccccc2Cl)CC1. The van der Waals surface area contributed by atoms with Crippen LogP contribution in [0.25, 0.3) is 0 Å². The normalized spacial score (nSPS) is 20.9. The van der Waals surface area contributed by atoms with Crippen molar-refractivity contribution in [2.75, 3.05) is 37.0 Å². The zero-order chi connectivity index (χ0) is 23.3. The van der Waals surface area contributed by atoms with E-state index in [1.165, 1.54) is 11.8 Å². The van der Waals surface area contributed by atoms with E-state index in [1.54, 1.807) is 11.8 Å². The van der Waals surface area contributed by atoms with E-state index in [0.717, 1.165) is 5.69 Å². The molecule has 3 N–H and O–H groups in total. The first-order valence-corrected chi connectivity index (χ1v) is 11.5. The van der Waals surface area contributed by atoms with Gasteiger partial charge >= 0.3 is 5.97 Å². The molecule has 0 bridgehead atoms. The van der Waals surface area contributed by atoms with E-state index < -0.39 is 30.0 Å². The Morgan fingerprint density at radius 2 is 1.88 bits per heavy atom. The standard InChI is InChI=1S/C20H25ClN4O6S/c1-12(23-19(28)17-18(31-17)20(29)30)32-11-22-15(26)10-16(27)25-8-6-24(7-9-25)14-5-3-2-4-13(14)21/h2-5,12,17-18H,6-11H2,1H3,(H,22,26)(H,23,28)(H,29,30)/t12-,17-,18-/m0/s1. The summed E-state index contributed by atoms with van der Waals surface area (Å²) in [5.74, 6) is -2.12. The Kier molecular flexibility index (Phi) is 8.21. The van der Waals surface area contributed by atoms with E-state index in [1.807, 2.05) is 24.3 Å². The Morgan fingerprint density at radius 1 is 1.19 bits per heavy atom. The zero-order valence-electron chi connectivity index (χ0n) is 17.5. The number of benzene rings is 1. The van der Waals surface area contributed by atoms with Gasteiger partial charge in [-0.1, -0.05) is 23.7 Å². The maximum Gasteiger partial charge on any atom is 0.336 e. The number of carbonyl (C=O) groups excluding carboxylic acids is 3. The summed E-state index contributed by atoms with van der Waals surface area (Å²) in [6, 6.07) is 7.55. The van der Waals surface area contributed by atoms with Crippen LogP contribution in [0.5, 0.6) is 0 Å². The fraction of sp³-hybridized carbons (Fsp3) is 0.500. The number of piperazine rings is 1. The predicted molar refractivity (Wildman–Crippen MR) is 119 cm³/mol. The molecule has 3 rings (SSSR count). The summed E-state index contributed by atoms with van der Waals surface area (Å²) in [6.45, 7) is 4.00. The molecule has 0 saturated carbocycles. The minimum Gasteiger partial charge on any atom is -0.479 e. The highest BCUT2D eigenvalue weighted by atomic mass is 35.5. The van der Waals surface area contributed by atoms with Crippen LogP contribution in [-0.2, 0) is 23.9 Å². The molecule has 10 nitrogen and oxygen atoms in total. The van der Waals surface area contributed by atoms with Crippen LogP contribution >= 0.6 is 23.4 Å². The Morgan fingerprint density at radius 3 is 2.50 bits per heavy atom. The van der Waals surface area contributed by atoms with Gasteiger partial charge in [0, 0.05) is 26.2 Å². The number of hydrogen-bond donors (Lipinski definition) is 3. The van der Waals surface area contributed by atoms with Gasteiger partial charge in [-0.15, -0.1) is 11.8 Å². The molecular weight excluding hydrogens is 460 g/mol. The number of anilines is 1. The van der Waals surface area contributed by atoms with E-state index in [9.17, 15) is 19.2 Å². The summed E-state index contributed by atoms with van der Waals surface area (Å²) in [6.07, 6.45) is -2.31. The molecule has 12 heteroatoms. The van der Waals surface area contributed by atoms with Gasteiger partial charge in [0.25, 0.3) is 5.91 Å². The highest BCUT2D eigenvalue weighted by molar-refractivity contribution is 7.99. The molecule has 2 aliphatic heterocycles. The average Bonchev–Trinajstić information content (AvgIpc) is 3.56. The number of carbonyl (C=O) groups is 4. The minimum atomic E-state index is -1.17. The van der Waals surface area contributed by atoms with Crippen molar-refractivity contribution in [1.82, 2.24) is 15.5 Å². The van der Waals surface area contributed by atoms with Gasteiger partial charge in [-0.2, -0.15) is 0 Å². The number of rotatable bonds is 9. The number of halogens is 1. The van der Waals surface area contributed by atoms with Crippen molar-refractivity contribution in [3.63, 3.8) is 0 Å². The number of hydrogen-bond acceptors (Lipinski definition) is 7. The third-order valence-corrected chi connectivity index (χ3v) is 6.33. The molecule has 3 amide bonds. The highest BCUT2D eigenvalue weighted by Gasteiger charge is 2.50. The number of aliphatic carboxylic acids is 1. The number of carboxylic acid groups (broad SMARTS) is 1. The molecule has 2 heterocycles. The molecular formula is C20H25ClN4O6S. The van der Waals surface area contributed by atoms with E-state index >= 15 is 0 Å². The molecule has 3 atom stereocenters. The zero-order valence-corrected chi connectivity index (χ0v) is 19.0. The Labute approximate surface area is 194 Å². The molecule has 0 radical (unpaired) electrons. The second-order valence-electron chi connectivity index (χ2n) is 7.37. The number of nitrogens with one attached hydrogen (secondary N) is 2. The van der Waals surface area contributed by atoms with Crippen molar-refractivity contribution in [2.24, 2.45) is 0 Å². The maximum atomic E-state index is 12.4. The van der Waals surface area contributed by atoms with Crippen LogP contribution in [0.15, 0.2) is 24.3 Å². The first-order chi connectivity index (χ1) is 15.3. The third kappa shape index (κ3) is 6.50. The highest BCUT2D eigenvalue weighted by Crippen LogP contribution is 2.26. The molecule has 0 unspecified atom stereocenters. The van der Waals surface area contributed by atoms with Gasteiger partial charge in [0.2, 0.25) is 11.8 Å². The Balaban J connectivity index is 1.31. The molecule has 2 aliphatic rings. The van der Waals surface area contributed by atoms with Crippen molar-refractivity contribution in [2.45, 2.75) is 30.9 Å². The summed E-state index contributed by atoms with van der Waals surface area (Å²) in [5.41, 5.74) is 0.934. The van der Waals surface area contributed by atoms with Gasteiger partial charge in [0.05, 0.1) is 22.0 Å². The van der Waals surface area contributed by atoms with Crippen molar-refractivity contribution < 1.29 is 29.0 Å². The van der Waals surface area contributed by atoms with Crippen molar-refractivity contribution in [3.8, 4) is 0 Å². The first kappa shape index (κ1) is 24.1. The third-order valence-electron chi connectivity index (χ3n) is 5.08. The Hall–Kier alpha value is -2.50. The molecule has 32 heavy (non-hydrogen) atoms. The van der Waals surface area contributed by atoms with Gasteiger partial charge in [0.1, 0.15) is 6.42 Å². The fourth-order valence-corrected chi connectivity index (χ4v) is 4.24. The minimum absolute atomic E-state index is 0.196. The van der Waals surface area contributed by atoms with Crippen LogP contribution in [-0.4, -0.2) is 83.3 Å². The Bertz CT molecular complexity index is 879. The van der Waals surface area contributed by atoms with E-state index in [4.69, 9.17) is 21.4 Å². The number of thioether (sulfide) groups is 1. The van der Waals surface area contributed by atoms with E-state index in [2.05, 4.69) is 15.5 Å². The van der Waals surface area contributed by atoms with Crippen LogP contribution in [0.4, 0.5) is 5.69 Å². The monoisotopic (exact) mass is 484 g/mol. The van der Waals surface area contributed by atoms with Crippen LogP contribution in [0.1, 0.15) is 13.3 Å². The number of ether oxygens (including phenoxy) is 1. The van der Waals surface area contributed by atoms with Crippen LogP contribution in [0.3, 0.4) is 0 Å². The predicted octanol–water partition coefficient (Wildman–Crippen LogP) is 0.500. The lowest BCUT2D eigenvalue weighted by Gasteiger charge is -2.36. The largest absolute Gasteiger partial charge is 0.479 e. The van der Waals surface area contributed by atoms with Crippen LogP contribution in [0.2, 0.25) is 5.02 Å². The van der Waals surface area contributed by atoms with Gasteiger partial charge in [-0.05, 0) is 19.1 Å². The lowest BCUT2D eigenvalue weighted by atomic mass is 10.2. The van der Waals surface area contributed by atoms with Gasteiger partial charge < -0.3 is 30.3 Å². The molecule has 1 aromatic carbocycles. The summed E-state index contributed by atoms with van der Waals surface area (Å²) in [7, 11) is 0. The number of epoxide rings is 1. The molecule has 1 aromatic rings. The smallest absolute Gasteiger partial charge is 0.336 e. The lowest BCUT2D eigenvalue weighted by molar-refractivity contribution is -0.139. The first-order valence-electron chi connectivity index (χ1n) is 10.1. The van der Waals surface area contributed by atoms with Crippen molar-refractivity contribution >= 4 is 52.7 Å². The maximum absolute atomic E-state index is 12.4. The summed E-state index contributed by atoms with van der Waals surface area (Å²) in [5, 5.41) is 14.3. The molecule has 2 saturated heterocycles. The number of carboxylic acids is 1. The number of nitrogens with zero attached hydrogens (tertiary/aromatic N) is 2. The second kappa shape index (κ2) is 10.9. The molecule has 0 aliphatic carbocycles. The number of para-hydroxylation sites is 1. The molecule has 0 aromatic heterocycles. The van der Waals surface area contributed by atoms with E-state index in [-0.39, 0.29) is 23.6 Å². The summed E-state index contributed by atoms with van der Waals surface area (Å²) >= 11 is 7.47. The topological polar surface area (TPSA) is 132 Å². The van der Waals surface area contributed by atoms with Gasteiger partial charge in [0.15, 0.2) is 12.2 Å². The molecule has 2 fully saturated rings. The van der Waals surface area contributed by atoms with Gasteiger partial charge in [-0.25, -0.2) is 4.79 Å². The fourth-order valence-electron chi connectivity index (χ4n) is 3.29. The molecule has 174 valence electrons. The van der Waals surface area contributed by atoms with Gasteiger partial charge in [-0.3, -0.25) is 14.4 Å². The number of amides is 3. The van der Waals surface area contributed by atoms with Crippen LogP contribution < -0.4 is 15.5 Å². The lowest BCUT2D eigenvalue weighted by Crippen LogP contribution is -2.49. The second-order valence-corrected chi connectivity index (χ2v) is 9.11. The van der Waals surface area contributed by atoms with E-state index in [0.29, 0.717) is 31.2 Å². The summed E-state index contributed by atoms with van der Waals surface area (Å²) in [4.78, 5) is 50.8. The quantitative estimate of drug-likeness (QED) is 0.262. The van der Waals surface area contributed by atoms with Crippen LogP contribution in [0, 0.1) is 0 Å². The van der Waals surface area contributed by atoms with Crippen molar-refractivity contribution in [1.29, 1.82) is 0 Å². The molecule has 0 spiro atoms. The average molecular weight is 485 g/mol.